The molecule has 1 saturated carbocycles. The lowest BCUT2D eigenvalue weighted by atomic mass is 9.84. The molecule has 0 amide bonds. The molecule has 2 unspecified atom stereocenters. The third-order valence-electron chi connectivity index (χ3n) is 5.03. The molecule has 0 heterocycles. The van der Waals surface area contributed by atoms with Crippen LogP contribution in [0, 0.1) is 17.3 Å². The van der Waals surface area contributed by atoms with Crippen molar-refractivity contribution in [2.75, 3.05) is 13.2 Å². The molecule has 0 aromatic heterocycles. The monoisotopic (exact) mass is 396 g/mol. The second kappa shape index (κ2) is 11.2. The van der Waals surface area contributed by atoms with Crippen molar-refractivity contribution in [3.63, 3.8) is 0 Å². The Bertz CT molecular complexity index is 606. The Morgan fingerprint density at radius 1 is 1.36 bits per heavy atom. The van der Waals surface area contributed by atoms with Crippen LogP contribution in [-0.2, 0) is 19.1 Å². The van der Waals surface area contributed by atoms with Crippen LogP contribution in [0.2, 0.25) is 0 Å². The zero-order chi connectivity index (χ0) is 21.3. The smallest absolute Gasteiger partial charge is 0.327 e. The number of carboxylic acid groups (broad SMARTS) is 1. The van der Waals surface area contributed by atoms with Crippen LogP contribution in [0.15, 0.2) is 24.3 Å². The molecule has 1 rings (SSSR count). The van der Waals surface area contributed by atoms with Crippen LogP contribution in [0.1, 0.15) is 46.5 Å². The Hall–Kier alpha value is -1.83. The minimum Gasteiger partial charge on any atom is -0.478 e. The van der Waals surface area contributed by atoms with E-state index < -0.39 is 35.4 Å². The van der Waals surface area contributed by atoms with Gasteiger partial charge in [-0.1, -0.05) is 32.1 Å². The van der Waals surface area contributed by atoms with E-state index >= 15 is 0 Å². The van der Waals surface area contributed by atoms with Crippen molar-refractivity contribution in [2.24, 2.45) is 17.3 Å². The summed E-state index contributed by atoms with van der Waals surface area (Å²) in [6, 6.07) is 0. The summed E-state index contributed by atoms with van der Waals surface area (Å²) in [5.41, 5.74) is -0.526. The predicted molar refractivity (Wildman–Crippen MR) is 104 cm³/mol. The zero-order valence-corrected chi connectivity index (χ0v) is 16.8. The number of Topliss-reactive ketones (excluding diaryl/α,β-unsaturated/α-hetero) is 2. The van der Waals surface area contributed by atoms with E-state index in [-0.39, 0.29) is 30.8 Å². The van der Waals surface area contributed by atoms with Crippen LogP contribution in [-0.4, -0.2) is 58.3 Å². The van der Waals surface area contributed by atoms with E-state index in [1.807, 2.05) is 20.8 Å². The van der Waals surface area contributed by atoms with Crippen LogP contribution >= 0.6 is 0 Å². The van der Waals surface area contributed by atoms with Crippen molar-refractivity contribution < 1.29 is 34.4 Å². The van der Waals surface area contributed by atoms with Gasteiger partial charge in [-0.25, -0.2) is 4.79 Å². The van der Waals surface area contributed by atoms with Crippen LogP contribution < -0.4 is 0 Å². The summed E-state index contributed by atoms with van der Waals surface area (Å²) in [5.74, 6) is -2.54. The quantitative estimate of drug-likeness (QED) is 0.340. The molecular weight excluding hydrogens is 364 g/mol. The van der Waals surface area contributed by atoms with E-state index in [0.29, 0.717) is 19.6 Å². The normalized spacial score (nSPS) is 24.3. The molecule has 3 N–H and O–H groups in total. The molecule has 7 heteroatoms. The molecule has 0 aromatic carbocycles. The molecule has 1 aliphatic rings. The molecule has 0 spiro atoms. The summed E-state index contributed by atoms with van der Waals surface area (Å²) in [4.78, 5) is 34.8. The fraction of sp³-hybridized carbons (Fsp3) is 0.667. The van der Waals surface area contributed by atoms with Crippen molar-refractivity contribution in [1.29, 1.82) is 0 Å². The maximum atomic E-state index is 12.2. The van der Waals surface area contributed by atoms with Gasteiger partial charge in [0.25, 0.3) is 0 Å². The molecule has 0 radical (unpaired) electrons. The summed E-state index contributed by atoms with van der Waals surface area (Å²) in [7, 11) is 0. The zero-order valence-electron chi connectivity index (χ0n) is 16.8. The van der Waals surface area contributed by atoms with Crippen molar-refractivity contribution >= 4 is 17.5 Å². The Labute approximate surface area is 166 Å². The predicted octanol–water partition coefficient (Wildman–Crippen LogP) is 1.91. The number of rotatable bonds is 12. The molecule has 7 nitrogen and oxygen atoms in total. The van der Waals surface area contributed by atoms with E-state index in [0.717, 1.165) is 6.08 Å². The lowest BCUT2D eigenvalue weighted by Gasteiger charge is -2.28. The summed E-state index contributed by atoms with van der Waals surface area (Å²) in [6.45, 7) is 6.51. The number of hydrogen-bond acceptors (Lipinski definition) is 6. The van der Waals surface area contributed by atoms with Crippen molar-refractivity contribution in [3.05, 3.63) is 24.3 Å². The van der Waals surface area contributed by atoms with Crippen LogP contribution in [0.3, 0.4) is 0 Å². The molecule has 0 aliphatic heterocycles. The number of aliphatic hydroxyl groups excluding tert-OH is 2. The van der Waals surface area contributed by atoms with Gasteiger partial charge in [-0.15, -0.1) is 0 Å². The number of aliphatic carboxylic acids is 1. The first kappa shape index (κ1) is 24.2. The highest BCUT2D eigenvalue weighted by atomic mass is 16.5. The van der Waals surface area contributed by atoms with Gasteiger partial charge in [-0.05, 0) is 13.3 Å². The van der Waals surface area contributed by atoms with Crippen LogP contribution in [0.25, 0.3) is 0 Å². The SMILES string of the molecule is CCOCC(C)(C)C(O)C=C[C@H]1C(O)CC(=O)[C@@H]1CC(=O)CCC=CC(=O)O. The number of ketones is 2. The number of allylic oxidation sites excluding steroid dienone is 1. The molecule has 1 aliphatic carbocycles. The molecule has 158 valence electrons. The minimum atomic E-state index is -1.07. The van der Waals surface area contributed by atoms with E-state index in [2.05, 4.69) is 0 Å². The summed E-state index contributed by atoms with van der Waals surface area (Å²) in [6.07, 6.45) is 4.32. The van der Waals surface area contributed by atoms with Gasteiger partial charge in [-0.2, -0.15) is 0 Å². The van der Waals surface area contributed by atoms with Gasteiger partial charge in [0.15, 0.2) is 0 Å². The standard InChI is InChI=1S/C21H32O7/c1-4-28-13-21(2,3)19(25)10-9-15-16(18(24)12-17(15)23)11-14(22)7-5-6-8-20(26)27/h6,8-10,15-17,19,23,25H,4-5,7,11-13H2,1-3H3,(H,26,27)/t15-,16-,17?,19?/m1/s1. The van der Waals surface area contributed by atoms with E-state index in [1.165, 1.54) is 6.08 Å². The van der Waals surface area contributed by atoms with Gasteiger partial charge < -0.3 is 20.1 Å². The summed E-state index contributed by atoms with van der Waals surface area (Å²) < 4.78 is 5.38. The highest BCUT2D eigenvalue weighted by Crippen LogP contribution is 2.34. The Kier molecular flexibility index (Phi) is 9.72. The number of carboxylic acids is 1. The van der Waals surface area contributed by atoms with Crippen LogP contribution in [0.4, 0.5) is 0 Å². The van der Waals surface area contributed by atoms with E-state index in [4.69, 9.17) is 9.84 Å². The van der Waals surface area contributed by atoms with E-state index in [9.17, 15) is 24.6 Å². The maximum absolute atomic E-state index is 12.2. The highest BCUT2D eigenvalue weighted by molar-refractivity contribution is 5.90. The third kappa shape index (κ3) is 7.66. The first-order valence-electron chi connectivity index (χ1n) is 9.64. The van der Waals surface area contributed by atoms with Gasteiger partial charge in [0.2, 0.25) is 0 Å². The van der Waals surface area contributed by atoms with Gasteiger partial charge in [0.05, 0.1) is 18.8 Å². The molecular formula is C21H32O7. The second-order valence-electron chi connectivity index (χ2n) is 7.90. The minimum absolute atomic E-state index is 0.00421. The Balaban J connectivity index is 2.71. The van der Waals surface area contributed by atoms with Crippen molar-refractivity contribution in [1.82, 2.24) is 0 Å². The van der Waals surface area contributed by atoms with Gasteiger partial charge in [0, 0.05) is 49.2 Å². The number of aliphatic hydroxyl groups is 2. The lowest BCUT2D eigenvalue weighted by Crippen LogP contribution is -2.33. The number of carbonyl (C=O) groups excluding carboxylic acids is 2. The van der Waals surface area contributed by atoms with E-state index in [1.54, 1.807) is 12.2 Å². The molecule has 1 fully saturated rings. The summed E-state index contributed by atoms with van der Waals surface area (Å²) in [5, 5.41) is 29.2. The van der Waals surface area contributed by atoms with Gasteiger partial charge >= 0.3 is 5.97 Å². The van der Waals surface area contributed by atoms with Gasteiger partial charge in [0.1, 0.15) is 11.6 Å². The topological polar surface area (TPSA) is 121 Å². The molecule has 0 aromatic rings. The maximum Gasteiger partial charge on any atom is 0.327 e. The molecule has 0 bridgehead atoms. The number of carbonyl (C=O) groups is 3. The molecule has 4 atom stereocenters. The average molecular weight is 396 g/mol. The fourth-order valence-corrected chi connectivity index (χ4v) is 3.21. The third-order valence-corrected chi connectivity index (χ3v) is 5.03. The first-order valence-corrected chi connectivity index (χ1v) is 9.64. The second-order valence-corrected chi connectivity index (χ2v) is 7.90. The summed E-state index contributed by atoms with van der Waals surface area (Å²) >= 11 is 0. The van der Waals surface area contributed by atoms with Crippen molar-refractivity contribution in [2.45, 2.75) is 58.7 Å². The fourth-order valence-electron chi connectivity index (χ4n) is 3.21. The Morgan fingerprint density at radius 2 is 2.04 bits per heavy atom. The number of hydrogen-bond donors (Lipinski definition) is 3. The Morgan fingerprint density at radius 3 is 2.64 bits per heavy atom. The first-order chi connectivity index (χ1) is 13.1. The molecule has 0 saturated heterocycles. The lowest BCUT2D eigenvalue weighted by molar-refractivity contribution is -0.131. The molecule has 28 heavy (non-hydrogen) atoms. The highest BCUT2D eigenvalue weighted by Gasteiger charge is 2.41. The van der Waals surface area contributed by atoms with Gasteiger partial charge in [-0.3, -0.25) is 9.59 Å². The van der Waals surface area contributed by atoms with Crippen LogP contribution in [0.5, 0.6) is 0 Å². The number of ether oxygens (including phenoxy) is 1. The van der Waals surface area contributed by atoms with Crippen molar-refractivity contribution in [3.8, 4) is 0 Å². The average Bonchev–Trinajstić information content (AvgIpc) is 2.87. The largest absolute Gasteiger partial charge is 0.478 e.